The van der Waals surface area contributed by atoms with E-state index in [4.69, 9.17) is 9.47 Å². The number of esters is 2. The zero-order chi connectivity index (χ0) is 17.8. The third-order valence-electron chi connectivity index (χ3n) is 4.86. The minimum atomic E-state index is -0.439. The van der Waals surface area contributed by atoms with E-state index in [1.54, 1.807) is 0 Å². The second-order valence-electron chi connectivity index (χ2n) is 6.41. The van der Waals surface area contributed by atoms with Gasteiger partial charge in [0.2, 0.25) is 0 Å². The van der Waals surface area contributed by atoms with Crippen molar-refractivity contribution in [2.75, 3.05) is 14.2 Å². The molecule has 3 rings (SSSR count). The van der Waals surface area contributed by atoms with Crippen LogP contribution in [0.15, 0.2) is 64.3 Å². The van der Waals surface area contributed by atoms with Crippen molar-refractivity contribution in [2.45, 2.75) is 32.1 Å². The van der Waals surface area contributed by atoms with E-state index in [1.807, 2.05) is 18.2 Å². The second kappa shape index (κ2) is 7.51. The van der Waals surface area contributed by atoms with Crippen molar-refractivity contribution in [1.29, 1.82) is 0 Å². The SMILES string of the molecule is COC(=O)C1=C(C(=O)OC)CC2=C(CC=C(Cc3ccccc3)C2)C1. The molecule has 0 radical (unpaired) electrons. The molecule has 0 aliphatic heterocycles. The molecule has 0 amide bonds. The third kappa shape index (κ3) is 3.73. The highest BCUT2D eigenvalue weighted by atomic mass is 16.5. The Balaban J connectivity index is 1.77. The number of ether oxygens (including phenoxy) is 2. The van der Waals surface area contributed by atoms with Crippen molar-refractivity contribution >= 4 is 11.9 Å². The van der Waals surface area contributed by atoms with Crippen LogP contribution in [0.2, 0.25) is 0 Å². The molecule has 0 fully saturated rings. The van der Waals surface area contributed by atoms with Crippen molar-refractivity contribution in [3.8, 4) is 0 Å². The molecule has 0 N–H and O–H groups in total. The molecule has 0 atom stereocenters. The van der Waals surface area contributed by atoms with Gasteiger partial charge in [-0.15, -0.1) is 0 Å². The van der Waals surface area contributed by atoms with Crippen molar-refractivity contribution in [1.82, 2.24) is 0 Å². The summed E-state index contributed by atoms with van der Waals surface area (Å²) in [4.78, 5) is 24.2. The topological polar surface area (TPSA) is 52.6 Å². The van der Waals surface area contributed by atoms with Crippen molar-refractivity contribution in [3.05, 3.63) is 69.8 Å². The molecule has 4 nitrogen and oxygen atoms in total. The number of carbonyl (C=O) groups is 2. The summed E-state index contributed by atoms with van der Waals surface area (Å²) >= 11 is 0. The van der Waals surface area contributed by atoms with Crippen LogP contribution in [-0.2, 0) is 25.5 Å². The molecule has 130 valence electrons. The summed E-state index contributed by atoms with van der Waals surface area (Å²) in [6.07, 6.45) is 5.79. The lowest BCUT2D eigenvalue weighted by atomic mass is 9.78. The van der Waals surface area contributed by atoms with Crippen LogP contribution in [-0.4, -0.2) is 26.2 Å². The number of rotatable bonds is 4. The fourth-order valence-corrected chi connectivity index (χ4v) is 3.54. The van der Waals surface area contributed by atoms with Gasteiger partial charge in [0.05, 0.1) is 25.4 Å². The van der Waals surface area contributed by atoms with Crippen molar-refractivity contribution < 1.29 is 19.1 Å². The first-order valence-electron chi connectivity index (χ1n) is 8.42. The summed E-state index contributed by atoms with van der Waals surface area (Å²) in [6, 6.07) is 10.4. The van der Waals surface area contributed by atoms with Crippen molar-refractivity contribution in [3.63, 3.8) is 0 Å². The lowest BCUT2D eigenvalue weighted by molar-refractivity contribution is -0.139. The largest absolute Gasteiger partial charge is 0.466 e. The lowest BCUT2D eigenvalue weighted by Crippen LogP contribution is -2.21. The number of carbonyl (C=O) groups excluding carboxylic acids is 2. The molecular formula is C21H22O4. The van der Waals surface area contributed by atoms with E-state index in [1.165, 1.54) is 36.5 Å². The smallest absolute Gasteiger partial charge is 0.334 e. The highest BCUT2D eigenvalue weighted by molar-refractivity contribution is 6.01. The Hall–Kier alpha value is -2.62. The van der Waals surface area contributed by atoms with Crippen LogP contribution in [0, 0.1) is 0 Å². The zero-order valence-electron chi connectivity index (χ0n) is 14.6. The van der Waals surface area contributed by atoms with Gasteiger partial charge >= 0.3 is 11.9 Å². The highest BCUT2D eigenvalue weighted by Crippen LogP contribution is 2.39. The lowest BCUT2D eigenvalue weighted by Gasteiger charge is -2.27. The molecule has 0 heterocycles. The predicted molar refractivity (Wildman–Crippen MR) is 94.8 cm³/mol. The molecule has 1 aromatic rings. The number of allylic oxidation sites excluding steroid dienone is 4. The van der Waals surface area contributed by atoms with Gasteiger partial charge in [0, 0.05) is 12.8 Å². The number of benzene rings is 1. The number of hydrogen-bond acceptors (Lipinski definition) is 4. The van der Waals surface area contributed by atoms with Crippen LogP contribution in [0.25, 0.3) is 0 Å². The first-order chi connectivity index (χ1) is 12.1. The molecule has 2 aliphatic carbocycles. The van der Waals surface area contributed by atoms with Crippen LogP contribution in [0.5, 0.6) is 0 Å². The Kier molecular flexibility index (Phi) is 5.17. The van der Waals surface area contributed by atoms with Gasteiger partial charge in [0.25, 0.3) is 0 Å². The van der Waals surface area contributed by atoms with E-state index < -0.39 is 11.9 Å². The summed E-state index contributed by atoms with van der Waals surface area (Å²) in [7, 11) is 2.68. The van der Waals surface area contributed by atoms with E-state index in [-0.39, 0.29) is 0 Å². The van der Waals surface area contributed by atoms with E-state index in [2.05, 4.69) is 18.2 Å². The second-order valence-corrected chi connectivity index (χ2v) is 6.41. The predicted octanol–water partition coefficient (Wildman–Crippen LogP) is 3.68. The fourth-order valence-electron chi connectivity index (χ4n) is 3.54. The van der Waals surface area contributed by atoms with E-state index in [0.717, 1.165) is 19.3 Å². The molecule has 4 heteroatoms. The maximum absolute atomic E-state index is 12.1. The van der Waals surface area contributed by atoms with Crippen LogP contribution in [0.1, 0.15) is 31.2 Å². The molecule has 2 aliphatic rings. The molecule has 0 saturated heterocycles. The molecule has 1 aromatic carbocycles. The zero-order valence-corrected chi connectivity index (χ0v) is 14.6. The first-order valence-corrected chi connectivity index (χ1v) is 8.42. The van der Waals surface area contributed by atoms with Gasteiger partial charge in [0.15, 0.2) is 0 Å². The Bertz CT molecular complexity index is 781. The standard InChI is InChI=1S/C21H22O4/c1-24-20(22)18-12-16-9-8-15(10-14-6-4-3-5-7-14)11-17(16)13-19(18)21(23)25-2/h3-8H,9-13H2,1-2H3. The van der Waals surface area contributed by atoms with Crippen LogP contribution in [0.4, 0.5) is 0 Å². The summed E-state index contributed by atoms with van der Waals surface area (Å²) in [5.74, 6) is -0.878. The normalized spacial score (nSPS) is 17.0. The molecular weight excluding hydrogens is 316 g/mol. The summed E-state index contributed by atoms with van der Waals surface area (Å²) in [5, 5.41) is 0. The third-order valence-corrected chi connectivity index (χ3v) is 4.86. The van der Waals surface area contributed by atoms with Crippen molar-refractivity contribution in [2.24, 2.45) is 0 Å². The van der Waals surface area contributed by atoms with Crippen LogP contribution < -0.4 is 0 Å². The maximum Gasteiger partial charge on any atom is 0.334 e. The summed E-state index contributed by atoms with van der Waals surface area (Å²) < 4.78 is 9.73. The fraction of sp³-hybridized carbons (Fsp3) is 0.333. The Morgan fingerprint density at radius 2 is 1.48 bits per heavy atom. The van der Waals surface area contributed by atoms with Gasteiger partial charge in [0.1, 0.15) is 0 Å². The first kappa shape index (κ1) is 17.2. The maximum atomic E-state index is 12.1. The van der Waals surface area contributed by atoms with Gasteiger partial charge in [-0.1, -0.05) is 53.1 Å². The number of methoxy groups -OCH3 is 2. The average Bonchev–Trinajstić information content (AvgIpc) is 2.66. The Morgan fingerprint density at radius 1 is 0.880 bits per heavy atom. The van der Waals surface area contributed by atoms with Crippen LogP contribution >= 0.6 is 0 Å². The molecule has 0 aromatic heterocycles. The molecule has 0 unspecified atom stereocenters. The summed E-state index contributed by atoms with van der Waals surface area (Å²) in [5.41, 5.74) is 5.98. The molecule has 0 bridgehead atoms. The number of hydrogen-bond donors (Lipinski definition) is 0. The Labute approximate surface area is 147 Å². The van der Waals surface area contributed by atoms with Gasteiger partial charge in [-0.3, -0.25) is 0 Å². The average molecular weight is 338 g/mol. The van der Waals surface area contributed by atoms with E-state index in [9.17, 15) is 9.59 Å². The van der Waals surface area contributed by atoms with Crippen LogP contribution in [0.3, 0.4) is 0 Å². The molecule has 25 heavy (non-hydrogen) atoms. The van der Waals surface area contributed by atoms with E-state index >= 15 is 0 Å². The van der Waals surface area contributed by atoms with Gasteiger partial charge in [-0.05, 0) is 24.8 Å². The van der Waals surface area contributed by atoms with Gasteiger partial charge < -0.3 is 9.47 Å². The monoisotopic (exact) mass is 338 g/mol. The highest BCUT2D eigenvalue weighted by Gasteiger charge is 2.30. The van der Waals surface area contributed by atoms with Gasteiger partial charge in [-0.2, -0.15) is 0 Å². The molecule has 0 saturated carbocycles. The van der Waals surface area contributed by atoms with Gasteiger partial charge in [-0.25, -0.2) is 9.59 Å². The minimum absolute atomic E-state index is 0.438. The Morgan fingerprint density at radius 3 is 2.08 bits per heavy atom. The van der Waals surface area contributed by atoms with E-state index in [0.29, 0.717) is 24.0 Å². The summed E-state index contributed by atoms with van der Waals surface area (Å²) in [6.45, 7) is 0. The molecule has 0 spiro atoms. The quantitative estimate of drug-likeness (QED) is 0.621. The minimum Gasteiger partial charge on any atom is -0.466 e.